The summed E-state index contributed by atoms with van der Waals surface area (Å²) in [6.07, 6.45) is 3.41. The van der Waals surface area contributed by atoms with E-state index in [0.29, 0.717) is 24.6 Å². The monoisotopic (exact) mass is 301 g/mol. The van der Waals surface area contributed by atoms with Crippen LogP contribution in [0.4, 0.5) is 5.82 Å². The summed E-state index contributed by atoms with van der Waals surface area (Å²) in [5, 5.41) is 0. The maximum atomic E-state index is 12.2. The summed E-state index contributed by atoms with van der Waals surface area (Å²) < 4.78 is 6.62. The number of hydrogen-bond donors (Lipinski definition) is 0. The molecule has 0 N–H and O–H groups in total. The van der Waals surface area contributed by atoms with Gasteiger partial charge in [-0.2, -0.15) is 0 Å². The van der Waals surface area contributed by atoms with E-state index >= 15 is 0 Å². The number of fused-ring (bicyclic) bond motifs is 1. The zero-order valence-electron chi connectivity index (χ0n) is 12.6. The molecule has 1 fully saturated rings. The van der Waals surface area contributed by atoms with E-state index in [2.05, 4.69) is 4.98 Å². The average molecular weight is 301 g/mol. The lowest BCUT2D eigenvalue weighted by Crippen LogP contribution is -2.40. The van der Waals surface area contributed by atoms with Gasteiger partial charge in [-0.15, -0.1) is 0 Å². The van der Waals surface area contributed by atoms with Crippen molar-refractivity contribution < 1.29 is 9.53 Å². The van der Waals surface area contributed by atoms with Gasteiger partial charge >= 0.3 is 5.97 Å². The van der Waals surface area contributed by atoms with Crippen LogP contribution in [0.3, 0.4) is 0 Å². The van der Waals surface area contributed by atoms with Crippen LogP contribution in [0.15, 0.2) is 35.3 Å². The summed E-state index contributed by atoms with van der Waals surface area (Å²) in [5.74, 6) is 0.319. The predicted molar refractivity (Wildman–Crippen MR) is 83.0 cm³/mol. The van der Waals surface area contributed by atoms with Gasteiger partial charge < -0.3 is 9.64 Å². The molecule has 6 nitrogen and oxygen atoms in total. The van der Waals surface area contributed by atoms with Gasteiger partial charge in [0.25, 0.3) is 5.56 Å². The Hall–Kier alpha value is -2.37. The molecule has 1 aliphatic rings. The minimum Gasteiger partial charge on any atom is -0.466 e. The summed E-state index contributed by atoms with van der Waals surface area (Å²) in [6.45, 7) is 3.55. The van der Waals surface area contributed by atoms with E-state index in [1.165, 1.54) is 10.5 Å². The Morgan fingerprint density at radius 3 is 3.14 bits per heavy atom. The number of ether oxygens (including phenoxy) is 1. The molecule has 0 unspecified atom stereocenters. The average Bonchev–Trinajstić information content (AvgIpc) is 2.55. The smallest absolute Gasteiger partial charge is 0.310 e. The maximum absolute atomic E-state index is 12.2. The zero-order chi connectivity index (χ0) is 15.5. The molecule has 3 heterocycles. The highest BCUT2D eigenvalue weighted by atomic mass is 16.5. The van der Waals surface area contributed by atoms with Gasteiger partial charge in [-0.1, -0.05) is 6.07 Å². The second-order valence-corrected chi connectivity index (χ2v) is 5.42. The van der Waals surface area contributed by atoms with Crippen LogP contribution in [0.1, 0.15) is 19.8 Å². The van der Waals surface area contributed by atoms with Gasteiger partial charge in [0.15, 0.2) is 0 Å². The highest BCUT2D eigenvalue weighted by Gasteiger charge is 2.27. The van der Waals surface area contributed by atoms with Crippen molar-refractivity contribution in [3.63, 3.8) is 0 Å². The second-order valence-electron chi connectivity index (χ2n) is 5.42. The number of piperidine rings is 1. The van der Waals surface area contributed by atoms with E-state index < -0.39 is 0 Å². The molecule has 0 aromatic carbocycles. The summed E-state index contributed by atoms with van der Waals surface area (Å²) in [5.41, 5.74) is 0.502. The fraction of sp³-hybridized carbons (Fsp3) is 0.438. The predicted octanol–water partition coefficient (Wildman–Crippen LogP) is 1.47. The van der Waals surface area contributed by atoms with Crippen molar-refractivity contribution in [1.29, 1.82) is 0 Å². The summed E-state index contributed by atoms with van der Waals surface area (Å²) in [6, 6.07) is 6.98. The molecular formula is C16H19N3O3. The maximum Gasteiger partial charge on any atom is 0.310 e. The third-order valence-corrected chi connectivity index (χ3v) is 3.92. The molecule has 1 atom stereocenters. The molecule has 1 aliphatic heterocycles. The molecule has 0 amide bonds. The van der Waals surface area contributed by atoms with Gasteiger partial charge in [0.1, 0.15) is 11.5 Å². The first-order valence-corrected chi connectivity index (χ1v) is 7.59. The molecule has 1 saturated heterocycles. The topological polar surface area (TPSA) is 63.9 Å². The summed E-state index contributed by atoms with van der Waals surface area (Å²) >= 11 is 0. The third-order valence-electron chi connectivity index (χ3n) is 3.92. The van der Waals surface area contributed by atoms with E-state index in [-0.39, 0.29) is 17.4 Å². The van der Waals surface area contributed by atoms with Crippen LogP contribution in [0.5, 0.6) is 0 Å². The minimum atomic E-state index is -0.162. The number of rotatable bonds is 3. The zero-order valence-corrected chi connectivity index (χ0v) is 12.6. The van der Waals surface area contributed by atoms with Crippen molar-refractivity contribution in [3.05, 3.63) is 40.8 Å². The molecule has 6 heteroatoms. The molecule has 0 saturated carbocycles. The molecule has 0 spiro atoms. The van der Waals surface area contributed by atoms with Crippen LogP contribution in [0.25, 0.3) is 5.65 Å². The third kappa shape index (κ3) is 2.81. The molecule has 0 radical (unpaired) electrons. The van der Waals surface area contributed by atoms with Crippen LogP contribution >= 0.6 is 0 Å². The van der Waals surface area contributed by atoms with Gasteiger partial charge in [-0.3, -0.25) is 14.0 Å². The van der Waals surface area contributed by atoms with E-state index in [4.69, 9.17) is 4.74 Å². The SMILES string of the molecule is CCOC(=O)[C@@H]1CCCN(c2cc(=O)n3ccccc3n2)C1. The highest BCUT2D eigenvalue weighted by molar-refractivity contribution is 5.73. The molecular weight excluding hydrogens is 282 g/mol. The lowest BCUT2D eigenvalue weighted by molar-refractivity contribution is -0.148. The Labute approximate surface area is 128 Å². The van der Waals surface area contributed by atoms with Gasteiger partial charge in [-0.25, -0.2) is 4.98 Å². The van der Waals surface area contributed by atoms with Crippen LogP contribution in [0, 0.1) is 5.92 Å². The first-order chi connectivity index (χ1) is 10.7. The standard InChI is InChI=1S/C16H19N3O3/c1-2-22-16(21)12-6-5-8-18(11-12)14-10-15(20)19-9-4-3-7-13(19)17-14/h3-4,7,9-10,12H,2,5-6,8,11H2,1H3/t12-/m1/s1. The van der Waals surface area contributed by atoms with Crippen molar-refractivity contribution in [2.75, 3.05) is 24.6 Å². The number of carbonyl (C=O) groups is 1. The Balaban J connectivity index is 1.87. The molecule has 22 heavy (non-hydrogen) atoms. The van der Waals surface area contributed by atoms with Crippen LogP contribution in [-0.2, 0) is 9.53 Å². The van der Waals surface area contributed by atoms with E-state index in [1.807, 2.05) is 17.9 Å². The fourth-order valence-electron chi connectivity index (χ4n) is 2.84. The van der Waals surface area contributed by atoms with Gasteiger partial charge in [0.2, 0.25) is 0 Å². The number of anilines is 1. The van der Waals surface area contributed by atoms with Gasteiger partial charge in [0.05, 0.1) is 12.5 Å². The number of pyridine rings is 1. The molecule has 0 bridgehead atoms. The lowest BCUT2D eigenvalue weighted by Gasteiger charge is -2.32. The van der Waals surface area contributed by atoms with E-state index in [9.17, 15) is 9.59 Å². The summed E-state index contributed by atoms with van der Waals surface area (Å²) in [4.78, 5) is 30.6. The lowest BCUT2D eigenvalue weighted by atomic mass is 9.98. The van der Waals surface area contributed by atoms with E-state index in [1.54, 1.807) is 18.3 Å². The van der Waals surface area contributed by atoms with Crippen molar-refractivity contribution in [2.45, 2.75) is 19.8 Å². The van der Waals surface area contributed by atoms with Crippen molar-refractivity contribution in [2.24, 2.45) is 5.92 Å². The van der Waals surface area contributed by atoms with Crippen molar-refractivity contribution >= 4 is 17.4 Å². The molecule has 2 aromatic rings. The fourth-order valence-corrected chi connectivity index (χ4v) is 2.84. The minimum absolute atomic E-state index is 0.112. The van der Waals surface area contributed by atoms with Crippen molar-refractivity contribution in [3.8, 4) is 0 Å². The molecule has 116 valence electrons. The second kappa shape index (κ2) is 6.17. The quantitative estimate of drug-likeness (QED) is 0.803. The normalized spacial score (nSPS) is 18.4. The highest BCUT2D eigenvalue weighted by Crippen LogP contribution is 2.22. The van der Waals surface area contributed by atoms with Crippen molar-refractivity contribution in [1.82, 2.24) is 9.38 Å². The first-order valence-electron chi connectivity index (χ1n) is 7.59. The van der Waals surface area contributed by atoms with Crippen LogP contribution in [-0.4, -0.2) is 35.1 Å². The van der Waals surface area contributed by atoms with E-state index in [0.717, 1.165) is 19.4 Å². The van der Waals surface area contributed by atoms with Crippen LogP contribution in [0.2, 0.25) is 0 Å². The largest absolute Gasteiger partial charge is 0.466 e. The number of nitrogens with zero attached hydrogens (tertiary/aromatic N) is 3. The number of aromatic nitrogens is 2. The van der Waals surface area contributed by atoms with Gasteiger partial charge in [0, 0.05) is 25.4 Å². The Kier molecular flexibility index (Phi) is 4.09. The molecule has 0 aliphatic carbocycles. The number of hydrogen-bond acceptors (Lipinski definition) is 5. The first kappa shape index (κ1) is 14.6. The number of esters is 1. The Morgan fingerprint density at radius 2 is 2.32 bits per heavy atom. The van der Waals surface area contributed by atoms with Gasteiger partial charge in [-0.05, 0) is 31.9 Å². The Morgan fingerprint density at radius 1 is 1.45 bits per heavy atom. The van der Waals surface area contributed by atoms with Crippen LogP contribution < -0.4 is 10.5 Å². The Bertz CT molecular complexity index is 741. The summed E-state index contributed by atoms with van der Waals surface area (Å²) in [7, 11) is 0. The molecule has 2 aromatic heterocycles. The molecule has 3 rings (SSSR count). The number of carbonyl (C=O) groups excluding carboxylic acids is 1.